The van der Waals surface area contributed by atoms with E-state index in [9.17, 15) is 28.7 Å². The van der Waals surface area contributed by atoms with Crippen molar-refractivity contribution in [3.8, 4) is 22.9 Å². The molecule has 3 rings (SSSR count). The average Bonchev–Trinajstić information content (AvgIpc) is 3.16. The zero-order valence-electron chi connectivity index (χ0n) is 22.0. The molecule has 3 aromatic rings. The van der Waals surface area contributed by atoms with Crippen LogP contribution in [0.15, 0.2) is 30.5 Å². The van der Waals surface area contributed by atoms with Crippen molar-refractivity contribution in [1.29, 1.82) is 5.26 Å². The molecule has 0 saturated heterocycles. The highest BCUT2D eigenvalue weighted by atomic mass is 19.1. The fraction of sp³-hybridized carbons (Fsp3) is 0.346. The number of carboxylic acids is 1. The Kier molecular flexibility index (Phi) is 8.39. The van der Waals surface area contributed by atoms with Crippen molar-refractivity contribution in [2.75, 3.05) is 19.5 Å². The van der Waals surface area contributed by atoms with E-state index < -0.39 is 36.3 Å². The van der Waals surface area contributed by atoms with Crippen LogP contribution in [0.25, 0.3) is 11.1 Å². The van der Waals surface area contributed by atoms with Gasteiger partial charge in [0.25, 0.3) is 0 Å². The average molecular weight is 543 g/mol. The molecule has 13 heteroatoms. The lowest BCUT2D eigenvalue weighted by molar-refractivity contribution is 0.0283. The molecular formula is C26H28F2N6O5. The smallest absolute Gasteiger partial charge is 0.410 e. The highest BCUT2D eigenvalue weighted by Crippen LogP contribution is 2.35. The van der Waals surface area contributed by atoms with E-state index in [1.54, 1.807) is 27.8 Å². The molecule has 2 aromatic heterocycles. The number of nitrogens with zero attached hydrogens (tertiary/aromatic N) is 5. The van der Waals surface area contributed by atoms with Gasteiger partial charge in [0.15, 0.2) is 17.7 Å². The number of nitrogens with two attached hydrogens (primary N) is 1. The van der Waals surface area contributed by atoms with Gasteiger partial charge in [-0.15, -0.1) is 0 Å². The predicted molar refractivity (Wildman–Crippen MR) is 136 cm³/mol. The number of benzene rings is 1. The van der Waals surface area contributed by atoms with Crippen LogP contribution in [0.1, 0.15) is 54.2 Å². The number of aryl methyl sites for hydroxylation is 1. The van der Waals surface area contributed by atoms with Gasteiger partial charge in [-0.05, 0) is 45.0 Å². The normalized spacial score (nSPS) is 11.9. The third-order valence-corrected chi connectivity index (χ3v) is 5.49. The van der Waals surface area contributed by atoms with Crippen LogP contribution in [0.2, 0.25) is 0 Å². The summed E-state index contributed by atoms with van der Waals surface area (Å²) < 4.78 is 40.4. The number of nitrogen functional groups attached to an aromatic ring is 1. The molecule has 0 fully saturated rings. The maximum Gasteiger partial charge on any atom is 0.410 e. The molecule has 206 valence electrons. The van der Waals surface area contributed by atoms with Crippen molar-refractivity contribution >= 4 is 17.9 Å². The first-order valence-corrected chi connectivity index (χ1v) is 11.7. The van der Waals surface area contributed by atoms with Gasteiger partial charge in [0.1, 0.15) is 29.9 Å². The number of hydrogen-bond acceptors (Lipinski definition) is 8. The summed E-state index contributed by atoms with van der Waals surface area (Å²) in [4.78, 5) is 29.5. The number of carboxylic acid groups (broad SMARTS) is 1. The van der Waals surface area contributed by atoms with E-state index in [4.69, 9.17) is 15.2 Å². The lowest BCUT2D eigenvalue weighted by Crippen LogP contribution is -2.34. The van der Waals surface area contributed by atoms with Crippen LogP contribution >= 0.6 is 0 Å². The fourth-order valence-electron chi connectivity index (χ4n) is 3.76. The van der Waals surface area contributed by atoms with Crippen LogP contribution in [-0.2, 0) is 18.3 Å². The van der Waals surface area contributed by atoms with Crippen molar-refractivity contribution in [2.45, 2.75) is 39.0 Å². The maximum atomic E-state index is 14.1. The molecule has 1 amide bonds. The van der Waals surface area contributed by atoms with Crippen LogP contribution in [0.3, 0.4) is 0 Å². The number of aromatic carboxylic acids is 1. The Morgan fingerprint density at radius 1 is 1.31 bits per heavy atom. The number of pyridine rings is 1. The number of nitriles is 1. The third kappa shape index (κ3) is 6.59. The molecule has 0 saturated carbocycles. The van der Waals surface area contributed by atoms with E-state index in [1.165, 1.54) is 28.9 Å². The number of rotatable bonds is 8. The van der Waals surface area contributed by atoms with E-state index >= 15 is 0 Å². The predicted octanol–water partition coefficient (Wildman–Crippen LogP) is 4.23. The Morgan fingerprint density at radius 2 is 2.00 bits per heavy atom. The molecule has 3 N–H and O–H groups in total. The summed E-state index contributed by atoms with van der Waals surface area (Å²) in [6.07, 6.45) is -0.771. The second-order valence-electron chi connectivity index (χ2n) is 9.65. The van der Waals surface area contributed by atoms with Gasteiger partial charge in [-0.25, -0.2) is 23.4 Å². The summed E-state index contributed by atoms with van der Waals surface area (Å²) in [5, 5.41) is 23.6. The molecular weight excluding hydrogens is 514 g/mol. The molecule has 2 heterocycles. The molecule has 1 atom stereocenters. The molecule has 0 aliphatic carbocycles. The summed E-state index contributed by atoms with van der Waals surface area (Å²) in [5.41, 5.74) is 5.78. The summed E-state index contributed by atoms with van der Waals surface area (Å²) in [6, 6.07) is 6.28. The van der Waals surface area contributed by atoms with Crippen LogP contribution in [0.4, 0.5) is 19.4 Å². The van der Waals surface area contributed by atoms with E-state index in [2.05, 4.69) is 16.2 Å². The lowest BCUT2D eigenvalue weighted by Gasteiger charge is -2.24. The van der Waals surface area contributed by atoms with Gasteiger partial charge >= 0.3 is 12.1 Å². The van der Waals surface area contributed by atoms with Gasteiger partial charge in [-0.1, -0.05) is 0 Å². The van der Waals surface area contributed by atoms with Gasteiger partial charge < -0.3 is 25.2 Å². The minimum Gasteiger partial charge on any atom is -0.479 e. The zero-order valence-corrected chi connectivity index (χ0v) is 22.0. The van der Waals surface area contributed by atoms with Crippen LogP contribution in [-0.4, -0.2) is 56.2 Å². The highest BCUT2D eigenvalue weighted by Gasteiger charge is 2.26. The first-order valence-electron chi connectivity index (χ1n) is 11.7. The first kappa shape index (κ1) is 28.8. The van der Waals surface area contributed by atoms with Gasteiger partial charge in [0, 0.05) is 37.0 Å². The quantitative estimate of drug-likeness (QED) is 0.425. The van der Waals surface area contributed by atoms with Crippen molar-refractivity contribution < 1.29 is 33.0 Å². The zero-order chi connectivity index (χ0) is 29.1. The Balaban J connectivity index is 2.03. The molecule has 1 aromatic carbocycles. The van der Waals surface area contributed by atoms with Gasteiger partial charge in [-0.3, -0.25) is 4.68 Å². The van der Waals surface area contributed by atoms with Crippen molar-refractivity contribution in [2.24, 2.45) is 7.05 Å². The molecule has 0 spiro atoms. The number of halogens is 2. The largest absolute Gasteiger partial charge is 0.479 e. The lowest BCUT2D eigenvalue weighted by atomic mass is 10.0. The van der Waals surface area contributed by atoms with Gasteiger partial charge in [0.05, 0.1) is 17.8 Å². The number of carbonyl (C=O) groups is 2. The Labute approximate surface area is 223 Å². The standard InChI is InChI=1S/C26H28F2N6O5/c1-26(2,3)39-25(37)33(4)13-18-22(19(11-29)34(5)32-18)14-8-20(23(30)31-12-14)38-21(10-27)17-9-15(28)6-7-16(17)24(35)36/h6-9,12,21H,10,13H2,1-5H3,(H2,30,31)(H,35,36). The van der Waals surface area contributed by atoms with E-state index in [0.717, 1.165) is 18.2 Å². The Bertz CT molecular complexity index is 1440. The molecule has 0 bridgehead atoms. The number of carbonyl (C=O) groups excluding carboxylic acids is 1. The summed E-state index contributed by atoms with van der Waals surface area (Å²) >= 11 is 0. The summed E-state index contributed by atoms with van der Waals surface area (Å²) in [6.45, 7) is 3.96. The fourth-order valence-corrected chi connectivity index (χ4v) is 3.76. The molecule has 11 nitrogen and oxygen atoms in total. The topological polar surface area (TPSA) is 157 Å². The van der Waals surface area contributed by atoms with E-state index in [0.29, 0.717) is 16.8 Å². The van der Waals surface area contributed by atoms with E-state index in [-0.39, 0.29) is 34.9 Å². The number of aromatic nitrogens is 3. The van der Waals surface area contributed by atoms with Gasteiger partial charge in [-0.2, -0.15) is 10.4 Å². The van der Waals surface area contributed by atoms with Crippen molar-refractivity contribution in [3.05, 3.63) is 58.8 Å². The molecule has 0 aliphatic rings. The maximum absolute atomic E-state index is 14.1. The van der Waals surface area contributed by atoms with Gasteiger partial charge in [0.2, 0.25) is 0 Å². The Morgan fingerprint density at radius 3 is 2.59 bits per heavy atom. The molecule has 0 aliphatic heterocycles. The second-order valence-corrected chi connectivity index (χ2v) is 9.65. The number of ether oxygens (including phenoxy) is 2. The molecule has 1 unspecified atom stereocenters. The van der Waals surface area contributed by atoms with Crippen molar-refractivity contribution in [1.82, 2.24) is 19.7 Å². The Hall–Kier alpha value is -4.73. The number of amides is 1. The minimum atomic E-state index is -1.52. The second kappa shape index (κ2) is 11.3. The summed E-state index contributed by atoms with van der Waals surface area (Å²) in [7, 11) is 3.07. The molecule has 39 heavy (non-hydrogen) atoms. The monoisotopic (exact) mass is 542 g/mol. The van der Waals surface area contributed by atoms with Crippen molar-refractivity contribution in [3.63, 3.8) is 0 Å². The van der Waals surface area contributed by atoms with Crippen LogP contribution < -0.4 is 10.5 Å². The van der Waals surface area contributed by atoms with Crippen LogP contribution in [0, 0.1) is 17.1 Å². The highest BCUT2D eigenvalue weighted by molar-refractivity contribution is 5.89. The number of hydrogen-bond donors (Lipinski definition) is 2. The summed E-state index contributed by atoms with van der Waals surface area (Å²) in [5.74, 6) is -2.44. The third-order valence-electron chi connectivity index (χ3n) is 5.49. The van der Waals surface area contributed by atoms with E-state index in [1.807, 2.05) is 0 Å². The van der Waals surface area contributed by atoms with Crippen LogP contribution in [0.5, 0.6) is 5.75 Å². The minimum absolute atomic E-state index is 0.0291. The first-order chi connectivity index (χ1) is 18.2. The molecule has 0 radical (unpaired) electrons. The SMILES string of the molecule is CN(Cc1nn(C)c(C#N)c1-c1cnc(N)c(OC(CF)c2cc(F)ccc2C(=O)O)c1)C(=O)OC(C)(C)C. The number of alkyl halides is 1. The number of anilines is 1.